The number of ether oxygens (including phenoxy) is 2. The van der Waals surface area contributed by atoms with Crippen molar-refractivity contribution in [3.63, 3.8) is 0 Å². The summed E-state index contributed by atoms with van der Waals surface area (Å²) in [7, 11) is 3.03. The van der Waals surface area contributed by atoms with Crippen LogP contribution in [0.2, 0.25) is 0 Å². The highest BCUT2D eigenvalue weighted by atomic mass is 16.5. The largest absolute Gasteiger partial charge is 0.496 e. The first kappa shape index (κ1) is 12.0. The fourth-order valence-corrected chi connectivity index (χ4v) is 1.23. The van der Waals surface area contributed by atoms with Gasteiger partial charge < -0.3 is 14.4 Å². The highest BCUT2D eigenvalue weighted by Gasteiger charge is 2.15. The SMILES string of the molecule is COc1ccccc1C(=O)N(C)COC=O. The number of carbonyl (C=O) groups is 2. The summed E-state index contributed by atoms with van der Waals surface area (Å²) in [6.45, 7) is 0.215. The molecule has 1 aromatic rings. The smallest absolute Gasteiger partial charge is 0.294 e. The second-order valence-electron chi connectivity index (χ2n) is 3.10. The Morgan fingerprint density at radius 3 is 2.75 bits per heavy atom. The molecule has 0 bridgehead atoms. The molecule has 0 spiro atoms. The topological polar surface area (TPSA) is 55.8 Å². The van der Waals surface area contributed by atoms with E-state index in [2.05, 4.69) is 4.74 Å². The number of methoxy groups -OCH3 is 1. The summed E-state index contributed by atoms with van der Waals surface area (Å²) in [6.07, 6.45) is 0. The summed E-state index contributed by atoms with van der Waals surface area (Å²) in [5.41, 5.74) is 0.432. The number of para-hydroxylation sites is 1. The number of hydrogen-bond acceptors (Lipinski definition) is 4. The molecule has 0 aliphatic heterocycles. The molecule has 5 heteroatoms. The summed E-state index contributed by atoms with van der Waals surface area (Å²) < 4.78 is 9.56. The van der Waals surface area contributed by atoms with E-state index in [0.29, 0.717) is 17.8 Å². The van der Waals surface area contributed by atoms with Crippen molar-refractivity contribution in [2.75, 3.05) is 20.9 Å². The van der Waals surface area contributed by atoms with Crippen LogP contribution in [0.15, 0.2) is 24.3 Å². The molecule has 1 rings (SSSR count). The molecule has 16 heavy (non-hydrogen) atoms. The van der Waals surface area contributed by atoms with Gasteiger partial charge in [-0.1, -0.05) is 12.1 Å². The predicted molar refractivity (Wildman–Crippen MR) is 57.1 cm³/mol. The van der Waals surface area contributed by atoms with Gasteiger partial charge >= 0.3 is 0 Å². The van der Waals surface area contributed by atoms with Crippen LogP contribution in [0.25, 0.3) is 0 Å². The molecule has 0 aliphatic rings. The highest BCUT2D eigenvalue weighted by Crippen LogP contribution is 2.18. The molecule has 0 saturated heterocycles. The average Bonchev–Trinajstić information content (AvgIpc) is 2.34. The van der Waals surface area contributed by atoms with Crippen molar-refractivity contribution in [1.82, 2.24) is 4.90 Å². The van der Waals surface area contributed by atoms with Crippen molar-refractivity contribution in [3.05, 3.63) is 29.8 Å². The second-order valence-corrected chi connectivity index (χ2v) is 3.10. The Morgan fingerprint density at radius 2 is 2.12 bits per heavy atom. The van der Waals surface area contributed by atoms with Crippen LogP contribution in [0, 0.1) is 0 Å². The van der Waals surface area contributed by atoms with Gasteiger partial charge in [0, 0.05) is 7.05 Å². The molecule has 0 atom stereocenters. The van der Waals surface area contributed by atoms with Crippen molar-refractivity contribution in [2.24, 2.45) is 0 Å². The quantitative estimate of drug-likeness (QED) is 0.549. The lowest BCUT2D eigenvalue weighted by atomic mass is 10.2. The summed E-state index contributed by atoms with van der Waals surface area (Å²) >= 11 is 0. The number of rotatable bonds is 5. The van der Waals surface area contributed by atoms with E-state index in [1.54, 1.807) is 24.3 Å². The summed E-state index contributed by atoms with van der Waals surface area (Å²) in [4.78, 5) is 23.2. The summed E-state index contributed by atoms with van der Waals surface area (Å²) in [5.74, 6) is 0.227. The lowest BCUT2D eigenvalue weighted by molar-refractivity contribution is -0.131. The molecule has 1 amide bonds. The molecule has 0 aromatic heterocycles. The Kier molecular flexibility index (Phi) is 4.32. The predicted octanol–water partition coefficient (Wildman–Crippen LogP) is 0.898. The van der Waals surface area contributed by atoms with Crippen LogP contribution >= 0.6 is 0 Å². The van der Waals surface area contributed by atoms with Crippen molar-refractivity contribution in [1.29, 1.82) is 0 Å². The van der Waals surface area contributed by atoms with E-state index < -0.39 is 0 Å². The molecule has 0 fully saturated rings. The van der Waals surface area contributed by atoms with E-state index in [0.717, 1.165) is 0 Å². The maximum atomic E-state index is 11.9. The van der Waals surface area contributed by atoms with Crippen LogP contribution < -0.4 is 4.74 Å². The van der Waals surface area contributed by atoms with Crippen LogP contribution in [0.4, 0.5) is 0 Å². The van der Waals surface area contributed by atoms with E-state index in [-0.39, 0.29) is 12.6 Å². The van der Waals surface area contributed by atoms with Gasteiger partial charge in [-0.05, 0) is 12.1 Å². The fraction of sp³-hybridized carbons (Fsp3) is 0.273. The number of hydrogen-bond donors (Lipinski definition) is 0. The third-order valence-electron chi connectivity index (χ3n) is 2.02. The third-order valence-corrected chi connectivity index (χ3v) is 2.02. The van der Waals surface area contributed by atoms with Crippen molar-refractivity contribution in [2.45, 2.75) is 0 Å². The second kappa shape index (κ2) is 5.75. The molecule has 0 N–H and O–H groups in total. The van der Waals surface area contributed by atoms with Gasteiger partial charge in [0.2, 0.25) is 0 Å². The van der Waals surface area contributed by atoms with Gasteiger partial charge in [0.25, 0.3) is 12.4 Å². The van der Waals surface area contributed by atoms with Crippen LogP contribution in [-0.4, -0.2) is 38.2 Å². The van der Waals surface area contributed by atoms with E-state index in [1.165, 1.54) is 19.1 Å². The first-order valence-electron chi connectivity index (χ1n) is 4.64. The minimum absolute atomic E-state index is 0.0830. The first-order chi connectivity index (χ1) is 7.70. The zero-order valence-corrected chi connectivity index (χ0v) is 9.17. The number of amides is 1. The Bertz CT molecular complexity index is 378. The standard InChI is InChI=1S/C11H13NO4/c1-12(7-16-8-13)11(14)9-5-3-4-6-10(9)15-2/h3-6,8H,7H2,1-2H3. The molecule has 0 saturated carbocycles. The van der Waals surface area contributed by atoms with Gasteiger partial charge in [-0.2, -0.15) is 0 Å². The average molecular weight is 223 g/mol. The van der Waals surface area contributed by atoms with E-state index in [9.17, 15) is 9.59 Å². The molecule has 0 aliphatic carbocycles. The Hall–Kier alpha value is -2.04. The first-order valence-corrected chi connectivity index (χ1v) is 4.64. The molecule has 0 unspecified atom stereocenters. The van der Waals surface area contributed by atoms with Crippen molar-refractivity contribution in [3.8, 4) is 5.75 Å². The Labute approximate surface area is 93.6 Å². The zero-order chi connectivity index (χ0) is 12.0. The lowest BCUT2D eigenvalue weighted by Crippen LogP contribution is -2.29. The van der Waals surface area contributed by atoms with Crippen LogP contribution in [0.5, 0.6) is 5.75 Å². The lowest BCUT2D eigenvalue weighted by Gasteiger charge is -2.16. The van der Waals surface area contributed by atoms with Gasteiger partial charge in [0.1, 0.15) is 5.75 Å². The third kappa shape index (κ3) is 2.73. The van der Waals surface area contributed by atoms with E-state index in [1.807, 2.05) is 0 Å². The monoisotopic (exact) mass is 223 g/mol. The highest BCUT2D eigenvalue weighted by molar-refractivity contribution is 5.96. The number of carbonyl (C=O) groups excluding carboxylic acids is 2. The summed E-state index contributed by atoms with van der Waals surface area (Å²) in [5, 5.41) is 0. The molecule has 5 nitrogen and oxygen atoms in total. The summed E-state index contributed by atoms with van der Waals surface area (Å²) in [6, 6.07) is 6.86. The molecular weight excluding hydrogens is 210 g/mol. The van der Waals surface area contributed by atoms with E-state index >= 15 is 0 Å². The Morgan fingerprint density at radius 1 is 1.44 bits per heavy atom. The maximum Gasteiger partial charge on any atom is 0.294 e. The maximum absolute atomic E-state index is 11.9. The molecule has 0 heterocycles. The van der Waals surface area contributed by atoms with Crippen molar-refractivity contribution < 1.29 is 19.1 Å². The van der Waals surface area contributed by atoms with Gasteiger partial charge in [-0.25, -0.2) is 0 Å². The van der Waals surface area contributed by atoms with Gasteiger partial charge in [-0.15, -0.1) is 0 Å². The van der Waals surface area contributed by atoms with Crippen LogP contribution in [0.3, 0.4) is 0 Å². The van der Waals surface area contributed by atoms with Crippen molar-refractivity contribution >= 4 is 12.4 Å². The van der Waals surface area contributed by atoms with Crippen LogP contribution in [0.1, 0.15) is 10.4 Å². The minimum Gasteiger partial charge on any atom is -0.496 e. The zero-order valence-electron chi connectivity index (χ0n) is 9.17. The van der Waals surface area contributed by atoms with Gasteiger partial charge in [-0.3, -0.25) is 9.59 Å². The fourth-order valence-electron chi connectivity index (χ4n) is 1.23. The normalized spacial score (nSPS) is 9.38. The molecular formula is C11H13NO4. The minimum atomic E-state index is -0.265. The number of nitrogens with zero attached hydrogens (tertiary/aromatic N) is 1. The molecule has 0 radical (unpaired) electrons. The van der Waals surface area contributed by atoms with Gasteiger partial charge in [0.05, 0.1) is 12.7 Å². The molecule has 86 valence electrons. The van der Waals surface area contributed by atoms with Crippen LogP contribution in [-0.2, 0) is 9.53 Å². The Balaban J connectivity index is 2.82. The number of benzene rings is 1. The van der Waals surface area contributed by atoms with Gasteiger partial charge in [0.15, 0.2) is 6.73 Å². The molecule has 1 aromatic carbocycles. The van der Waals surface area contributed by atoms with E-state index in [4.69, 9.17) is 4.74 Å².